The molecule has 0 spiro atoms. The SMILES string of the molecule is CN(C1CCCNC1)S(=O)(=O)c1ccc(Cl)cc1[N+](=O)[O-]. The molecule has 1 aliphatic heterocycles. The van der Waals surface area contributed by atoms with Gasteiger partial charge in [-0.25, -0.2) is 8.42 Å². The van der Waals surface area contributed by atoms with Gasteiger partial charge in [-0.15, -0.1) is 0 Å². The van der Waals surface area contributed by atoms with Crippen molar-refractivity contribution in [2.75, 3.05) is 20.1 Å². The van der Waals surface area contributed by atoms with Gasteiger partial charge in [0.1, 0.15) is 0 Å². The lowest BCUT2D eigenvalue weighted by atomic mass is 10.1. The molecule has 0 saturated carbocycles. The zero-order valence-corrected chi connectivity index (χ0v) is 13.0. The van der Waals surface area contributed by atoms with Crippen molar-refractivity contribution in [3.8, 4) is 0 Å². The Morgan fingerprint density at radius 3 is 2.76 bits per heavy atom. The molecular weight excluding hydrogens is 318 g/mol. The first-order valence-corrected chi connectivity index (χ1v) is 8.28. The normalized spacial score (nSPS) is 19.7. The molecular formula is C12H16ClN3O4S. The molecule has 1 aromatic rings. The van der Waals surface area contributed by atoms with Gasteiger partial charge >= 0.3 is 0 Å². The fraction of sp³-hybridized carbons (Fsp3) is 0.500. The molecule has 2 rings (SSSR count). The average molecular weight is 334 g/mol. The number of nitro groups is 1. The van der Waals surface area contributed by atoms with E-state index in [0.717, 1.165) is 25.5 Å². The minimum atomic E-state index is -3.94. The summed E-state index contributed by atoms with van der Waals surface area (Å²) < 4.78 is 26.4. The standard InChI is InChI=1S/C12H16ClN3O4S/c1-15(10-3-2-6-14-8-10)21(19,20)12-5-4-9(13)7-11(12)16(17)18/h4-5,7,10,14H,2-3,6,8H2,1H3. The first-order valence-electron chi connectivity index (χ1n) is 6.46. The Bertz CT molecular complexity index is 644. The molecule has 0 amide bonds. The van der Waals surface area contributed by atoms with Gasteiger partial charge in [-0.05, 0) is 31.5 Å². The number of piperidine rings is 1. The van der Waals surface area contributed by atoms with Crippen molar-refractivity contribution in [1.29, 1.82) is 0 Å². The molecule has 0 radical (unpaired) electrons. The molecule has 7 nitrogen and oxygen atoms in total. The third kappa shape index (κ3) is 3.34. The van der Waals surface area contributed by atoms with Crippen LogP contribution in [0.25, 0.3) is 0 Å². The third-order valence-corrected chi connectivity index (χ3v) is 5.75. The number of nitrogens with zero attached hydrogens (tertiary/aromatic N) is 2. The van der Waals surface area contributed by atoms with Crippen LogP contribution in [0.3, 0.4) is 0 Å². The number of sulfonamides is 1. The van der Waals surface area contributed by atoms with Crippen LogP contribution in [0.2, 0.25) is 5.02 Å². The van der Waals surface area contributed by atoms with E-state index < -0.39 is 20.6 Å². The first kappa shape index (κ1) is 16.2. The summed E-state index contributed by atoms with van der Waals surface area (Å²) >= 11 is 5.72. The monoisotopic (exact) mass is 333 g/mol. The van der Waals surface area contributed by atoms with Gasteiger partial charge in [0.25, 0.3) is 5.69 Å². The number of rotatable bonds is 4. The smallest absolute Gasteiger partial charge is 0.290 e. The zero-order chi connectivity index (χ0) is 15.6. The molecule has 9 heteroatoms. The number of hydrogen-bond donors (Lipinski definition) is 1. The highest BCUT2D eigenvalue weighted by Gasteiger charge is 2.34. The van der Waals surface area contributed by atoms with Crippen LogP contribution in [-0.2, 0) is 10.0 Å². The van der Waals surface area contributed by atoms with Crippen molar-refractivity contribution in [3.63, 3.8) is 0 Å². The Balaban J connectivity index is 2.41. The topological polar surface area (TPSA) is 92.6 Å². The summed E-state index contributed by atoms with van der Waals surface area (Å²) in [5, 5.41) is 14.3. The van der Waals surface area contributed by atoms with Crippen LogP contribution >= 0.6 is 11.6 Å². The number of hydrogen-bond acceptors (Lipinski definition) is 5. The van der Waals surface area contributed by atoms with E-state index in [-0.39, 0.29) is 16.0 Å². The van der Waals surface area contributed by atoms with Gasteiger partial charge in [0.15, 0.2) is 4.90 Å². The molecule has 0 aromatic heterocycles. The molecule has 21 heavy (non-hydrogen) atoms. The van der Waals surface area contributed by atoms with Crippen LogP contribution in [-0.4, -0.2) is 43.8 Å². The number of likely N-dealkylation sites (N-methyl/N-ethyl adjacent to an activating group) is 1. The zero-order valence-electron chi connectivity index (χ0n) is 11.5. The molecule has 0 aliphatic carbocycles. The summed E-state index contributed by atoms with van der Waals surface area (Å²) in [7, 11) is -2.49. The van der Waals surface area contributed by atoms with Crippen LogP contribution in [0.15, 0.2) is 23.1 Å². The van der Waals surface area contributed by atoms with Gasteiger partial charge in [-0.2, -0.15) is 4.31 Å². The van der Waals surface area contributed by atoms with E-state index in [2.05, 4.69) is 5.32 Å². The van der Waals surface area contributed by atoms with E-state index in [1.165, 1.54) is 23.5 Å². The van der Waals surface area contributed by atoms with Crippen molar-refractivity contribution in [2.45, 2.75) is 23.8 Å². The average Bonchev–Trinajstić information content (AvgIpc) is 2.47. The molecule has 1 fully saturated rings. The van der Waals surface area contributed by atoms with E-state index in [9.17, 15) is 18.5 Å². The molecule has 116 valence electrons. The summed E-state index contributed by atoms with van der Waals surface area (Å²) in [5.74, 6) is 0. The molecule has 1 atom stereocenters. The quantitative estimate of drug-likeness (QED) is 0.667. The lowest BCUT2D eigenvalue weighted by Crippen LogP contribution is -2.46. The maximum absolute atomic E-state index is 12.6. The van der Waals surface area contributed by atoms with Crippen molar-refractivity contribution >= 4 is 27.3 Å². The van der Waals surface area contributed by atoms with Gasteiger partial charge < -0.3 is 5.32 Å². The molecule has 1 aliphatic rings. The number of nitro benzene ring substituents is 1. The summed E-state index contributed by atoms with van der Waals surface area (Å²) in [6.07, 6.45) is 1.59. The lowest BCUT2D eigenvalue weighted by molar-refractivity contribution is -0.387. The second kappa shape index (κ2) is 6.27. The van der Waals surface area contributed by atoms with Gasteiger partial charge in [0, 0.05) is 30.7 Å². The molecule has 1 unspecified atom stereocenters. The predicted molar refractivity (Wildman–Crippen MR) is 78.9 cm³/mol. The Morgan fingerprint density at radius 2 is 2.19 bits per heavy atom. The van der Waals surface area contributed by atoms with Crippen LogP contribution in [0.1, 0.15) is 12.8 Å². The van der Waals surface area contributed by atoms with E-state index in [1.54, 1.807) is 0 Å². The van der Waals surface area contributed by atoms with E-state index >= 15 is 0 Å². The Morgan fingerprint density at radius 1 is 1.48 bits per heavy atom. The maximum Gasteiger partial charge on any atom is 0.290 e. The molecule has 1 saturated heterocycles. The second-order valence-electron chi connectivity index (χ2n) is 4.89. The minimum Gasteiger partial charge on any atom is -0.315 e. The van der Waals surface area contributed by atoms with Crippen molar-refractivity contribution < 1.29 is 13.3 Å². The van der Waals surface area contributed by atoms with Crippen LogP contribution in [0, 0.1) is 10.1 Å². The first-order chi connectivity index (χ1) is 9.84. The number of nitrogens with one attached hydrogen (secondary N) is 1. The Kier molecular flexibility index (Phi) is 4.82. The minimum absolute atomic E-state index is 0.127. The van der Waals surface area contributed by atoms with Gasteiger partial charge in [-0.3, -0.25) is 10.1 Å². The lowest BCUT2D eigenvalue weighted by Gasteiger charge is -2.30. The highest BCUT2D eigenvalue weighted by atomic mass is 35.5. The van der Waals surface area contributed by atoms with Crippen molar-refractivity contribution in [3.05, 3.63) is 33.3 Å². The fourth-order valence-electron chi connectivity index (χ4n) is 2.35. The Labute approximate surface area is 128 Å². The number of halogens is 1. The van der Waals surface area contributed by atoms with Crippen LogP contribution < -0.4 is 5.32 Å². The van der Waals surface area contributed by atoms with Crippen molar-refractivity contribution in [1.82, 2.24) is 9.62 Å². The molecule has 1 heterocycles. The fourth-order valence-corrected chi connectivity index (χ4v) is 4.03. The van der Waals surface area contributed by atoms with E-state index in [1.807, 2.05) is 0 Å². The summed E-state index contributed by atoms with van der Waals surface area (Å²) in [6, 6.07) is 3.37. The Hall–Kier alpha value is -1.22. The summed E-state index contributed by atoms with van der Waals surface area (Å²) in [6.45, 7) is 1.39. The van der Waals surface area contributed by atoms with Crippen LogP contribution in [0.4, 0.5) is 5.69 Å². The van der Waals surface area contributed by atoms with Gasteiger partial charge in [0.2, 0.25) is 10.0 Å². The second-order valence-corrected chi connectivity index (χ2v) is 7.29. The number of benzene rings is 1. The van der Waals surface area contributed by atoms with Crippen molar-refractivity contribution in [2.24, 2.45) is 0 Å². The summed E-state index contributed by atoms with van der Waals surface area (Å²) in [5.41, 5.74) is -0.502. The predicted octanol–water partition coefficient (Wildman–Crippen LogP) is 1.62. The van der Waals surface area contributed by atoms with Gasteiger partial charge in [-0.1, -0.05) is 11.6 Å². The van der Waals surface area contributed by atoms with Gasteiger partial charge in [0.05, 0.1) is 4.92 Å². The molecule has 1 aromatic carbocycles. The molecule has 0 bridgehead atoms. The summed E-state index contributed by atoms with van der Waals surface area (Å²) in [4.78, 5) is 10.0. The van der Waals surface area contributed by atoms with Crippen LogP contribution in [0.5, 0.6) is 0 Å². The highest BCUT2D eigenvalue weighted by molar-refractivity contribution is 7.89. The maximum atomic E-state index is 12.6. The van der Waals surface area contributed by atoms with E-state index in [4.69, 9.17) is 11.6 Å². The molecule has 1 N–H and O–H groups in total. The highest BCUT2D eigenvalue weighted by Crippen LogP contribution is 2.30. The van der Waals surface area contributed by atoms with E-state index in [0.29, 0.717) is 6.54 Å². The third-order valence-electron chi connectivity index (χ3n) is 3.56. The largest absolute Gasteiger partial charge is 0.315 e.